The molecule has 2 rings (SSSR count). The van der Waals surface area contributed by atoms with Crippen molar-refractivity contribution in [2.24, 2.45) is 0 Å². The first-order valence-electron chi connectivity index (χ1n) is 5.39. The van der Waals surface area contributed by atoms with E-state index in [4.69, 9.17) is 0 Å². The highest BCUT2D eigenvalue weighted by molar-refractivity contribution is 5.98. The first-order valence-corrected chi connectivity index (χ1v) is 6.21. The van der Waals surface area contributed by atoms with Crippen LogP contribution in [-0.4, -0.2) is 20.7 Å². The minimum atomic E-state index is -2.24. The summed E-state index contributed by atoms with van der Waals surface area (Å²) in [6, 6.07) is 12.7. The van der Waals surface area contributed by atoms with Crippen LogP contribution in [0.2, 0.25) is 0 Å². The summed E-state index contributed by atoms with van der Waals surface area (Å²) in [6.45, 7) is 0. The van der Waals surface area contributed by atoms with Gasteiger partial charge in [0.25, 0.3) is 5.97 Å². The predicted octanol–water partition coefficient (Wildman–Crippen LogP) is 0.885. The van der Waals surface area contributed by atoms with Crippen molar-refractivity contribution in [1.82, 2.24) is 0 Å². The topological polar surface area (TPSA) is 49.7 Å². The predicted molar refractivity (Wildman–Crippen MR) is 69.0 cm³/mol. The number of hydrogen-bond acceptors (Lipinski definition) is 3. The standard InChI is InChI=1S/C13H13FO3Si/c14-12-3-1-2-10(8-12)9-4-6-11(7-5-9)13(15,16)17-18/h1-8,15-16H,18H3. The van der Waals surface area contributed by atoms with Crippen LogP contribution in [0.1, 0.15) is 5.56 Å². The maximum absolute atomic E-state index is 13.1. The van der Waals surface area contributed by atoms with E-state index in [1.165, 1.54) is 24.3 Å². The van der Waals surface area contributed by atoms with Crippen LogP contribution in [0.25, 0.3) is 11.1 Å². The van der Waals surface area contributed by atoms with Gasteiger partial charge in [0.2, 0.25) is 0 Å². The second-order valence-electron chi connectivity index (χ2n) is 3.90. The fourth-order valence-corrected chi connectivity index (χ4v) is 1.90. The smallest absolute Gasteiger partial charge is 0.296 e. The number of benzene rings is 2. The monoisotopic (exact) mass is 264 g/mol. The third-order valence-corrected chi connectivity index (χ3v) is 3.27. The molecule has 3 nitrogen and oxygen atoms in total. The van der Waals surface area contributed by atoms with E-state index >= 15 is 0 Å². The SMILES string of the molecule is OC(O)(O[SiH3])c1ccc(-c2cccc(F)c2)cc1. The van der Waals surface area contributed by atoms with Gasteiger partial charge in [-0.05, 0) is 23.3 Å². The molecule has 18 heavy (non-hydrogen) atoms. The average Bonchev–Trinajstić information content (AvgIpc) is 2.39. The molecule has 0 aliphatic rings. The van der Waals surface area contributed by atoms with Gasteiger partial charge in [0.05, 0.1) is 0 Å². The summed E-state index contributed by atoms with van der Waals surface area (Å²) in [5, 5.41) is 19.0. The summed E-state index contributed by atoms with van der Waals surface area (Å²) in [4.78, 5) is 0. The van der Waals surface area contributed by atoms with Crippen LogP contribution in [0, 0.1) is 5.82 Å². The summed E-state index contributed by atoms with van der Waals surface area (Å²) in [7, 11) is 0.205. The van der Waals surface area contributed by atoms with Crippen LogP contribution in [0.5, 0.6) is 0 Å². The molecule has 0 saturated heterocycles. The van der Waals surface area contributed by atoms with E-state index in [-0.39, 0.29) is 21.9 Å². The summed E-state index contributed by atoms with van der Waals surface area (Å²) in [6.07, 6.45) is 0. The second-order valence-corrected chi connectivity index (χ2v) is 4.31. The Labute approximate surface area is 107 Å². The van der Waals surface area contributed by atoms with Gasteiger partial charge in [-0.15, -0.1) is 0 Å². The Balaban J connectivity index is 2.33. The number of halogens is 1. The molecule has 0 aromatic heterocycles. The van der Waals surface area contributed by atoms with Crippen LogP contribution >= 0.6 is 0 Å². The summed E-state index contributed by atoms with van der Waals surface area (Å²) in [5.41, 5.74) is 1.77. The van der Waals surface area contributed by atoms with Gasteiger partial charge in [0.1, 0.15) is 5.82 Å². The van der Waals surface area contributed by atoms with Gasteiger partial charge in [-0.3, -0.25) is 0 Å². The van der Waals surface area contributed by atoms with E-state index in [2.05, 4.69) is 4.43 Å². The molecule has 5 heteroatoms. The van der Waals surface area contributed by atoms with Crippen LogP contribution < -0.4 is 0 Å². The molecule has 2 aromatic rings. The highest BCUT2D eigenvalue weighted by atomic mass is 28.2. The van der Waals surface area contributed by atoms with Crippen molar-refractivity contribution in [1.29, 1.82) is 0 Å². The van der Waals surface area contributed by atoms with Crippen molar-refractivity contribution in [3.63, 3.8) is 0 Å². The molecule has 94 valence electrons. The lowest BCUT2D eigenvalue weighted by Gasteiger charge is -2.20. The van der Waals surface area contributed by atoms with Gasteiger partial charge in [-0.2, -0.15) is 0 Å². The van der Waals surface area contributed by atoms with Crippen molar-refractivity contribution in [3.8, 4) is 11.1 Å². The van der Waals surface area contributed by atoms with Gasteiger partial charge >= 0.3 is 0 Å². The van der Waals surface area contributed by atoms with Crippen LogP contribution in [0.15, 0.2) is 48.5 Å². The average molecular weight is 264 g/mol. The molecule has 0 aliphatic carbocycles. The van der Waals surface area contributed by atoms with Gasteiger partial charge < -0.3 is 14.6 Å². The van der Waals surface area contributed by atoms with E-state index in [1.807, 2.05) is 0 Å². The Hall–Kier alpha value is -1.53. The molecule has 0 amide bonds. The third-order valence-electron chi connectivity index (χ3n) is 2.70. The highest BCUT2D eigenvalue weighted by Gasteiger charge is 2.24. The first kappa shape index (κ1) is 12.9. The third kappa shape index (κ3) is 2.65. The lowest BCUT2D eigenvalue weighted by molar-refractivity contribution is -0.303. The number of aliphatic hydroxyl groups is 2. The largest absolute Gasteiger partial charge is 0.377 e. The van der Waals surface area contributed by atoms with Gasteiger partial charge in [-0.25, -0.2) is 4.39 Å². The Morgan fingerprint density at radius 2 is 1.67 bits per heavy atom. The van der Waals surface area contributed by atoms with Crippen LogP contribution in [0.3, 0.4) is 0 Å². The van der Waals surface area contributed by atoms with Crippen molar-refractivity contribution >= 4 is 10.5 Å². The summed E-state index contributed by atoms with van der Waals surface area (Å²) in [5.74, 6) is -2.55. The normalized spacial score (nSPS) is 11.7. The first-order chi connectivity index (χ1) is 8.53. The fraction of sp³-hybridized carbons (Fsp3) is 0.0769. The Bertz CT molecular complexity index is 540. The van der Waals surface area contributed by atoms with Gasteiger partial charge in [0, 0.05) is 5.56 Å². The van der Waals surface area contributed by atoms with E-state index < -0.39 is 5.97 Å². The Kier molecular flexibility index (Phi) is 3.58. The molecule has 0 atom stereocenters. The Morgan fingerprint density at radius 1 is 1.00 bits per heavy atom. The number of hydrogen-bond donors (Lipinski definition) is 2. The molecular weight excluding hydrogens is 251 g/mol. The van der Waals surface area contributed by atoms with Gasteiger partial charge in [0.15, 0.2) is 10.5 Å². The van der Waals surface area contributed by atoms with Crippen LogP contribution in [-0.2, 0) is 10.4 Å². The zero-order chi connectivity index (χ0) is 13.2. The quantitative estimate of drug-likeness (QED) is 0.639. The Morgan fingerprint density at radius 3 is 2.22 bits per heavy atom. The molecule has 0 heterocycles. The van der Waals surface area contributed by atoms with Crippen LogP contribution in [0.4, 0.5) is 4.39 Å². The summed E-state index contributed by atoms with van der Waals surface area (Å²) >= 11 is 0. The van der Waals surface area contributed by atoms with Crippen molar-refractivity contribution in [2.75, 3.05) is 0 Å². The molecule has 0 bridgehead atoms. The maximum Gasteiger partial charge on any atom is 0.296 e. The molecule has 0 saturated carbocycles. The van der Waals surface area contributed by atoms with E-state index in [0.717, 1.165) is 11.1 Å². The molecular formula is C13H13FO3Si. The minimum Gasteiger partial charge on any atom is -0.377 e. The van der Waals surface area contributed by atoms with Crippen molar-refractivity contribution in [3.05, 3.63) is 59.9 Å². The molecule has 2 N–H and O–H groups in total. The lowest BCUT2D eigenvalue weighted by atomic mass is 10.0. The fourth-order valence-electron chi connectivity index (χ4n) is 1.67. The second kappa shape index (κ2) is 4.99. The highest BCUT2D eigenvalue weighted by Crippen LogP contribution is 2.24. The van der Waals surface area contributed by atoms with E-state index in [1.54, 1.807) is 24.3 Å². The molecule has 0 fully saturated rings. The molecule has 0 unspecified atom stereocenters. The van der Waals surface area contributed by atoms with Crippen molar-refractivity contribution in [2.45, 2.75) is 5.97 Å². The van der Waals surface area contributed by atoms with E-state index in [9.17, 15) is 14.6 Å². The zero-order valence-electron chi connectivity index (χ0n) is 9.80. The van der Waals surface area contributed by atoms with Gasteiger partial charge in [-0.1, -0.05) is 36.4 Å². The summed E-state index contributed by atoms with van der Waals surface area (Å²) < 4.78 is 17.8. The molecule has 0 aliphatic heterocycles. The zero-order valence-corrected chi connectivity index (χ0v) is 11.8. The van der Waals surface area contributed by atoms with E-state index in [0.29, 0.717) is 0 Å². The minimum absolute atomic E-state index is 0.205. The lowest BCUT2D eigenvalue weighted by Crippen LogP contribution is -2.27. The molecule has 0 spiro atoms. The molecule has 2 aromatic carbocycles. The maximum atomic E-state index is 13.1. The number of rotatable bonds is 3. The molecule has 0 radical (unpaired) electrons. The van der Waals surface area contributed by atoms with Crippen molar-refractivity contribution < 1.29 is 19.0 Å².